The quantitative estimate of drug-likeness (QED) is 0.400. The zero-order valence-corrected chi connectivity index (χ0v) is 14.7. The van der Waals surface area contributed by atoms with E-state index >= 15 is 0 Å². The van der Waals surface area contributed by atoms with Gasteiger partial charge in [0, 0.05) is 12.6 Å². The molecule has 1 saturated carbocycles. The topological polar surface area (TPSA) is 67.7 Å². The van der Waals surface area contributed by atoms with Gasteiger partial charge in [-0.3, -0.25) is 0 Å². The second kappa shape index (κ2) is 7.37. The number of rotatable bonds is 6. The van der Waals surface area contributed by atoms with Crippen molar-refractivity contribution in [1.82, 2.24) is 24.9 Å². The van der Waals surface area contributed by atoms with Crippen molar-refractivity contribution in [3.63, 3.8) is 0 Å². The number of nitrogens with one attached hydrogen (secondary N) is 2. The Balaban J connectivity index is 1.47. The molecule has 1 aromatic carbocycles. The lowest BCUT2D eigenvalue weighted by molar-refractivity contribution is 0.529. The van der Waals surface area contributed by atoms with Crippen LogP contribution >= 0.6 is 11.6 Å². The minimum atomic E-state index is 0.236. The van der Waals surface area contributed by atoms with Gasteiger partial charge in [-0.25, -0.2) is 10.4 Å². The molecule has 0 bridgehead atoms. The van der Waals surface area contributed by atoms with Crippen molar-refractivity contribution < 1.29 is 0 Å². The van der Waals surface area contributed by atoms with E-state index in [2.05, 4.69) is 42.5 Å². The molecule has 130 valence electrons. The maximum atomic E-state index is 6.14. The normalized spacial score (nSPS) is 15.1. The van der Waals surface area contributed by atoms with Gasteiger partial charge in [-0.2, -0.15) is 9.97 Å². The van der Waals surface area contributed by atoms with Crippen LogP contribution in [0.2, 0.25) is 5.28 Å². The summed E-state index contributed by atoms with van der Waals surface area (Å²) in [5.74, 6) is 0.625. The van der Waals surface area contributed by atoms with E-state index in [0.717, 1.165) is 24.1 Å². The van der Waals surface area contributed by atoms with E-state index in [1.165, 1.54) is 31.2 Å². The van der Waals surface area contributed by atoms with Crippen LogP contribution < -0.4 is 10.9 Å². The van der Waals surface area contributed by atoms with Crippen molar-refractivity contribution >= 4 is 28.6 Å². The van der Waals surface area contributed by atoms with Gasteiger partial charge in [0.25, 0.3) is 0 Å². The fourth-order valence-corrected chi connectivity index (χ4v) is 3.59. The molecule has 4 rings (SSSR count). The third-order valence-corrected chi connectivity index (χ3v) is 4.87. The molecule has 0 atom stereocenters. The molecule has 1 fully saturated rings. The van der Waals surface area contributed by atoms with Crippen LogP contribution in [0.15, 0.2) is 36.7 Å². The number of hydrazine groups is 1. The number of nitrogens with zero attached hydrogens (tertiary/aromatic N) is 4. The van der Waals surface area contributed by atoms with Crippen molar-refractivity contribution in [2.75, 3.05) is 12.0 Å². The highest BCUT2D eigenvalue weighted by molar-refractivity contribution is 6.28. The maximum absolute atomic E-state index is 6.14. The monoisotopic (exact) mass is 356 g/mol. The molecule has 3 aromatic rings. The van der Waals surface area contributed by atoms with Crippen LogP contribution in [0.4, 0.5) is 5.82 Å². The Morgan fingerprint density at radius 3 is 2.72 bits per heavy atom. The summed E-state index contributed by atoms with van der Waals surface area (Å²) < 4.78 is 2.14. The van der Waals surface area contributed by atoms with Crippen molar-refractivity contribution in [2.24, 2.45) is 0 Å². The number of fused-ring (bicyclic) bond motifs is 1. The van der Waals surface area contributed by atoms with Gasteiger partial charge in [-0.05, 0) is 36.4 Å². The fraction of sp³-hybridized carbons (Fsp3) is 0.389. The minimum absolute atomic E-state index is 0.236. The third kappa shape index (κ3) is 3.60. The summed E-state index contributed by atoms with van der Waals surface area (Å²) in [6, 6.07) is 10.8. The van der Waals surface area contributed by atoms with E-state index in [9.17, 15) is 0 Å². The van der Waals surface area contributed by atoms with Crippen LogP contribution in [0, 0.1) is 0 Å². The molecule has 2 heterocycles. The first-order chi connectivity index (χ1) is 12.3. The molecule has 0 unspecified atom stereocenters. The SMILES string of the molecule is Clc1nc(NNCCc2ccccc2)c2ncn(C3CCCC3)c2n1. The molecular weight excluding hydrogens is 336 g/mol. The van der Waals surface area contributed by atoms with Crippen LogP contribution in [-0.4, -0.2) is 26.1 Å². The molecular formula is C18H21ClN6. The summed E-state index contributed by atoms with van der Waals surface area (Å²) >= 11 is 6.14. The van der Waals surface area contributed by atoms with Gasteiger partial charge in [0.1, 0.15) is 0 Å². The van der Waals surface area contributed by atoms with Gasteiger partial charge in [-0.1, -0.05) is 43.2 Å². The highest BCUT2D eigenvalue weighted by atomic mass is 35.5. The number of hydrogen-bond donors (Lipinski definition) is 2. The zero-order chi connectivity index (χ0) is 17.1. The van der Waals surface area contributed by atoms with E-state index in [0.29, 0.717) is 11.9 Å². The van der Waals surface area contributed by atoms with E-state index in [1.54, 1.807) is 0 Å². The van der Waals surface area contributed by atoms with Gasteiger partial charge >= 0.3 is 0 Å². The van der Waals surface area contributed by atoms with Gasteiger partial charge in [0.05, 0.1) is 6.33 Å². The Bertz CT molecular complexity index is 841. The Morgan fingerprint density at radius 1 is 1.12 bits per heavy atom. The summed E-state index contributed by atoms with van der Waals surface area (Å²) in [6.07, 6.45) is 7.65. The van der Waals surface area contributed by atoms with Gasteiger partial charge < -0.3 is 9.99 Å². The fourth-order valence-electron chi connectivity index (χ4n) is 3.42. The molecule has 1 aliphatic carbocycles. The van der Waals surface area contributed by atoms with Crippen molar-refractivity contribution in [3.8, 4) is 0 Å². The first kappa shape index (κ1) is 16.3. The second-order valence-electron chi connectivity index (χ2n) is 6.39. The van der Waals surface area contributed by atoms with Crippen molar-refractivity contribution in [2.45, 2.75) is 38.1 Å². The number of halogens is 1. The first-order valence-corrected chi connectivity index (χ1v) is 9.12. The molecule has 0 amide bonds. The average molecular weight is 357 g/mol. The zero-order valence-electron chi connectivity index (χ0n) is 14.0. The number of hydrogen-bond acceptors (Lipinski definition) is 5. The highest BCUT2D eigenvalue weighted by Gasteiger charge is 2.21. The number of anilines is 1. The Kier molecular flexibility index (Phi) is 4.81. The van der Waals surface area contributed by atoms with E-state index < -0.39 is 0 Å². The predicted molar refractivity (Wildman–Crippen MR) is 99.6 cm³/mol. The molecule has 6 nitrogen and oxygen atoms in total. The van der Waals surface area contributed by atoms with E-state index in [1.807, 2.05) is 24.5 Å². The number of aromatic nitrogens is 4. The molecule has 2 N–H and O–H groups in total. The third-order valence-electron chi connectivity index (χ3n) is 4.70. The summed E-state index contributed by atoms with van der Waals surface area (Å²) in [5, 5.41) is 0.236. The van der Waals surface area contributed by atoms with Gasteiger partial charge in [-0.15, -0.1) is 0 Å². The molecule has 2 aromatic heterocycles. The predicted octanol–water partition coefficient (Wildman–Crippen LogP) is 3.75. The van der Waals surface area contributed by atoms with E-state index in [-0.39, 0.29) is 5.28 Å². The molecule has 0 aliphatic heterocycles. The minimum Gasteiger partial charge on any atom is -0.312 e. The molecule has 0 saturated heterocycles. The van der Waals surface area contributed by atoms with Gasteiger partial charge in [0.15, 0.2) is 17.0 Å². The van der Waals surface area contributed by atoms with Crippen LogP contribution in [-0.2, 0) is 6.42 Å². The van der Waals surface area contributed by atoms with Crippen LogP contribution in [0.3, 0.4) is 0 Å². The second-order valence-corrected chi connectivity index (χ2v) is 6.73. The largest absolute Gasteiger partial charge is 0.312 e. The molecule has 7 heteroatoms. The lowest BCUT2D eigenvalue weighted by Crippen LogP contribution is -2.25. The summed E-state index contributed by atoms with van der Waals surface area (Å²) in [7, 11) is 0. The standard InChI is InChI=1S/C18H21ClN6/c19-18-22-16(24-21-11-10-13-6-2-1-3-7-13)15-17(23-18)25(12-20-15)14-8-4-5-9-14/h1-3,6-7,12,14,21H,4-5,8-11H2,(H,22,23,24). The Labute approximate surface area is 151 Å². The van der Waals surface area contributed by atoms with Crippen LogP contribution in [0.5, 0.6) is 0 Å². The summed E-state index contributed by atoms with van der Waals surface area (Å²) in [6.45, 7) is 0.774. The van der Waals surface area contributed by atoms with Crippen LogP contribution in [0.25, 0.3) is 11.2 Å². The Hall–Kier alpha value is -2.18. The lowest BCUT2D eigenvalue weighted by atomic mass is 10.2. The first-order valence-electron chi connectivity index (χ1n) is 8.74. The number of imidazole rings is 1. The molecule has 0 spiro atoms. The summed E-state index contributed by atoms with van der Waals surface area (Å²) in [5.41, 5.74) is 9.18. The van der Waals surface area contributed by atoms with Crippen molar-refractivity contribution in [1.29, 1.82) is 0 Å². The lowest BCUT2D eigenvalue weighted by Gasteiger charge is -2.12. The van der Waals surface area contributed by atoms with E-state index in [4.69, 9.17) is 11.6 Å². The summed E-state index contributed by atoms with van der Waals surface area (Å²) in [4.78, 5) is 13.2. The highest BCUT2D eigenvalue weighted by Crippen LogP contribution is 2.32. The average Bonchev–Trinajstić information content (AvgIpc) is 3.28. The molecule has 0 radical (unpaired) electrons. The smallest absolute Gasteiger partial charge is 0.226 e. The number of benzene rings is 1. The maximum Gasteiger partial charge on any atom is 0.226 e. The van der Waals surface area contributed by atoms with Crippen LogP contribution in [0.1, 0.15) is 37.3 Å². The Morgan fingerprint density at radius 2 is 1.92 bits per heavy atom. The molecule has 25 heavy (non-hydrogen) atoms. The van der Waals surface area contributed by atoms with Gasteiger partial charge in [0.2, 0.25) is 5.28 Å². The molecule has 1 aliphatic rings. The van der Waals surface area contributed by atoms with Crippen molar-refractivity contribution in [3.05, 3.63) is 47.5 Å².